The Labute approximate surface area is 92.6 Å². The molecular weight excluding hydrogens is 240 g/mol. The zero-order valence-electron chi connectivity index (χ0n) is 8.00. The van der Waals surface area contributed by atoms with Crippen molar-refractivity contribution in [3.8, 4) is 0 Å². The van der Waals surface area contributed by atoms with E-state index in [2.05, 4.69) is 34.1 Å². The van der Waals surface area contributed by atoms with Crippen LogP contribution in [0.5, 0.6) is 0 Å². The summed E-state index contributed by atoms with van der Waals surface area (Å²) >= 11 is 3.48. The van der Waals surface area contributed by atoms with Gasteiger partial charge < -0.3 is 4.79 Å². The number of fused-ring (bicyclic) bond motifs is 1. The van der Waals surface area contributed by atoms with E-state index in [1.165, 1.54) is 17.5 Å². The van der Waals surface area contributed by atoms with Crippen LogP contribution in [0.15, 0.2) is 22.7 Å². The highest BCUT2D eigenvalue weighted by molar-refractivity contribution is 9.10. The number of aryl methyl sites for hydroxylation is 1. The third kappa shape index (κ3) is 1.90. The fourth-order valence-corrected chi connectivity index (χ4v) is 2.61. The summed E-state index contributed by atoms with van der Waals surface area (Å²) in [6, 6.07) is 6.43. The predicted octanol–water partition coefficient (Wildman–Crippen LogP) is 3.46. The van der Waals surface area contributed by atoms with Crippen molar-refractivity contribution >= 4 is 22.2 Å². The van der Waals surface area contributed by atoms with E-state index in [4.69, 9.17) is 0 Å². The number of aldehydes is 1. The second kappa shape index (κ2) is 4.26. The molecule has 0 N–H and O–H groups in total. The summed E-state index contributed by atoms with van der Waals surface area (Å²) in [6.07, 6.45) is 5.25. The maximum Gasteiger partial charge on any atom is 0.120 e. The Morgan fingerprint density at radius 2 is 2.36 bits per heavy atom. The molecule has 1 unspecified atom stereocenters. The molecule has 14 heavy (non-hydrogen) atoms. The van der Waals surface area contributed by atoms with E-state index in [0.717, 1.165) is 23.6 Å². The number of carbonyl (C=O) groups is 1. The molecule has 0 aromatic heterocycles. The summed E-state index contributed by atoms with van der Waals surface area (Å²) in [7, 11) is 0. The Hall–Kier alpha value is -0.630. The summed E-state index contributed by atoms with van der Waals surface area (Å²) in [5.74, 6) is 0.453. The van der Waals surface area contributed by atoms with Gasteiger partial charge in [0.2, 0.25) is 0 Å². The summed E-state index contributed by atoms with van der Waals surface area (Å²) in [5, 5.41) is 0. The largest absolute Gasteiger partial charge is 0.303 e. The molecule has 0 spiro atoms. The third-order valence-electron chi connectivity index (χ3n) is 2.93. The average molecular weight is 253 g/mol. The lowest BCUT2D eigenvalue weighted by Gasteiger charge is -2.24. The molecule has 0 radical (unpaired) electrons. The van der Waals surface area contributed by atoms with E-state index in [0.29, 0.717) is 12.3 Å². The minimum atomic E-state index is 0.453. The first kappa shape index (κ1) is 9.91. The van der Waals surface area contributed by atoms with E-state index in [-0.39, 0.29) is 0 Å². The van der Waals surface area contributed by atoms with Crippen molar-refractivity contribution in [2.24, 2.45) is 0 Å². The number of carbonyl (C=O) groups excluding carboxylic acids is 1. The van der Waals surface area contributed by atoms with Crippen LogP contribution in [0.4, 0.5) is 0 Å². The van der Waals surface area contributed by atoms with Gasteiger partial charge in [-0.2, -0.15) is 0 Å². The maximum absolute atomic E-state index is 10.6. The fourth-order valence-electron chi connectivity index (χ4n) is 2.23. The monoisotopic (exact) mass is 252 g/mol. The van der Waals surface area contributed by atoms with Crippen molar-refractivity contribution in [3.05, 3.63) is 33.8 Å². The SMILES string of the molecule is O=CCC1CCCc2ccc(Br)cc21. The first-order valence-electron chi connectivity index (χ1n) is 5.03. The van der Waals surface area contributed by atoms with Crippen LogP contribution in [-0.2, 0) is 11.2 Å². The number of benzene rings is 1. The summed E-state index contributed by atoms with van der Waals surface area (Å²) in [6.45, 7) is 0. The molecule has 1 nitrogen and oxygen atoms in total. The van der Waals surface area contributed by atoms with Gasteiger partial charge in [0.15, 0.2) is 0 Å². The molecular formula is C12H13BrO. The van der Waals surface area contributed by atoms with Crippen molar-refractivity contribution in [2.45, 2.75) is 31.6 Å². The van der Waals surface area contributed by atoms with Crippen LogP contribution in [-0.4, -0.2) is 6.29 Å². The van der Waals surface area contributed by atoms with Crippen molar-refractivity contribution in [1.29, 1.82) is 0 Å². The number of hydrogen-bond acceptors (Lipinski definition) is 1. The lowest BCUT2D eigenvalue weighted by atomic mass is 9.81. The molecule has 0 amide bonds. The number of rotatable bonds is 2. The van der Waals surface area contributed by atoms with Crippen molar-refractivity contribution in [3.63, 3.8) is 0 Å². The lowest BCUT2D eigenvalue weighted by molar-refractivity contribution is -0.108. The molecule has 2 rings (SSSR count). The van der Waals surface area contributed by atoms with Crippen LogP contribution in [0.2, 0.25) is 0 Å². The van der Waals surface area contributed by atoms with E-state index in [1.807, 2.05) is 0 Å². The van der Waals surface area contributed by atoms with Gasteiger partial charge in [-0.15, -0.1) is 0 Å². The minimum absolute atomic E-state index is 0.453. The molecule has 0 saturated heterocycles. The topological polar surface area (TPSA) is 17.1 Å². The number of halogens is 1. The average Bonchev–Trinajstić information content (AvgIpc) is 2.19. The van der Waals surface area contributed by atoms with Crippen LogP contribution < -0.4 is 0 Å². The predicted molar refractivity (Wildman–Crippen MR) is 60.5 cm³/mol. The van der Waals surface area contributed by atoms with Gasteiger partial charge in [-0.05, 0) is 48.4 Å². The second-order valence-corrected chi connectivity index (χ2v) is 4.75. The fraction of sp³-hybridized carbons (Fsp3) is 0.417. The normalized spacial score (nSPS) is 20.2. The zero-order valence-corrected chi connectivity index (χ0v) is 9.59. The van der Waals surface area contributed by atoms with Crippen LogP contribution in [0, 0.1) is 0 Å². The highest BCUT2D eigenvalue weighted by Gasteiger charge is 2.19. The van der Waals surface area contributed by atoms with Gasteiger partial charge in [-0.25, -0.2) is 0 Å². The van der Waals surface area contributed by atoms with Gasteiger partial charge in [0.25, 0.3) is 0 Å². The molecule has 1 aliphatic carbocycles. The Morgan fingerprint density at radius 1 is 1.50 bits per heavy atom. The van der Waals surface area contributed by atoms with E-state index in [9.17, 15) is 4.79 Å². The standard InChI is InChI=1S/C12H13BrO/c13-11-5-4-9-2-1-3-10(6-7-14)12(9)8-11/h4-5,7-8,10H,1-3,6H2. The zero-order chi connectivity index (χ0) is 9.97. The molecule has 1 aliphatic rings. The quantitative estimate of drug-likeness (QED) is 0.737. The van der Waals surface area contributed by atoms with E-state index in [1.54, 1.807) is 0 Å². The van der Waals surface area contributed by atoms with Gasteiger partial charge in [0.1, 0.15) is 6.29 Å². The van der Waals surface area contributed by atoms with Crippen molar-refractivity contribution in [2.75, 3.05) is 0 Å². The molecule has 0 fully saturated rings. The molecule has 2 heteroatoms. The van der Waals surface area contributed by atoms with Gasteiger partial charge >= 0.3 is 0 Å². The van der Waals surface area contributed by atoms with E-state index < -0.39 is 0 Å². The Balaban J connectivity index is 2.36. The summed E-state index contributed by atoms with van der Waals surface area (Å²) < 4.78 is 1.12. The van der Waals surface area contributed by atoms with E-state index >= 15 is 0 Å². The maximum atomic E-state index is 10.6. The van der Waals surface area contributed by atoms with Gasteiger partial charge in [-0.3, -0.25) is 0 Å². The Bertz CT molecular complexity index is 346. The Kier molecular flexibility index (Phi) is 3.02. The highest BCUT2D eigenvalue weighted by atomic mass is 79.9. The van der Waals surface area contributed by atoms with Gasteiger partial charge in [-0.1, -0.05) is 22.0 Å². The molecule has 1 aromatic rings. The number of hydrogen-bond donors (Lipinski definition) is 0. The summed E-state index contributed by atoms with van der Waals surface area (Å²) in [5.41, 5.74) is 2.80. The molecule has 1 aromatic carbocycles. The van der Waals surface area contributed by atoms with Crippen LogP contribution in [0.25, 0.3) is 0 Å². The first-order valence-corrected chi connectivity index (χ1v) is 5.82. The van der Waals surface area contributed by atoms with Crippen molar-refractivity contribution < 1.29 is 4.79 Å². The molecule has 0 bridgehead atoms. The van der Waals surface area contributed by atoms with Gasteiger partial charge in [0.05, 0.1) is 0 Å². The second-order valence-electron chi connectivity index (χ2n) is 3.83. The third-order valence-corrected chi connectivity index (χ3v) is 3.42. The molecule has 0 heterocycles. The van der Waals surface area contributed by atoms with Gasteiger partial charge in [0, 0.05) is 10.9 Å². The smallest absolute Gasteiger partial charge is 0.120 e. The minimum Gasteiger partial charge on any atom is -0.303 e. The molecule has 0 saturated carbocycles. The molecule has 1 atom stereocenters. The Morgan fingerprint density at radius 3 is 3.14 bits per heavy atom. The van der Waals surface area contributed by atoms with Crippen LogP contribution in [0.3, 0.4) is 0 Å². The first-order chi connectivity index (χ1) is 6.81. The summed E-state index contributed by atoms with van der Waals surface area (Å²) in [4.78, 5) is 10.6. The van der Waals surface area contributed by atoms with Crippen LogP contribution >= 0.6 is 15.9 Å². The highest BCUT2D eigenvalue weighted by Crippen LogP contribution is 2.34. The lowest BCUT2D eigenvalue weighted by Crippen LogP contribution is -2.10. The van der Waals surface area contributed by atoms with Crippen LogP contribution in [0.1, 0.15) is 36.3 Å². The molecule has 0 aliphatic heterocycles. The van der Waals surface area contributed by atoms with Crippen molar-refractivity contribution in [1.82, 2.24) is 0 Å². The molecule has 74 valence electrons.